The smallest absolute Gasteiger partial charge is 0.220 e. The Morgan fingerprint density at radius 3 is 1.49 bits per heavy atom. The minimum Gasteiger partial charge on any atom is -0.394 e. The summed E-state index contributed by atoms with van der Waals surface area (Å²) < 4.78 is 34.1. The monoisotopic (exact) mass is 1010 g/mol. The van der Waals surface area contributed by atoms with Crippen molar-refractivity contribution in [1.82, 2.24) is 5.32 Å². The average Bonchev–Trinajstić information content (AvgIpc) is 3.35. The lowest BCUT2D eigenvalue weighted by atomic mass is 9.96. The molecule has 17 unspecified atom stereocenters. The van der Waals surface area contributed by atoms with Gasteiger partial charge in [-0.2, -0.15) is 0 Å². The second-order valence-electron chi connectivity index (χ2n) is 19.3. The van der Waals surface area contributed by atoms with Gasteiger partial charge in [-0.15, -0.1) is 0 Å². The number of carbonyl (C=O) groups excluding carboxylic acids is 1. The van der Waals surface area contributed by atoms with Crippen molar-refractivity contribution in [2.24, 2.45) is 0 Å². The molecule has 3 rings (SSSR count). The lowest BCUT2D eigenvalue weighted by molar-refractivity contribution is -0.379. The Bertz CT molecular complexity index is 1390. The predicted molar refractivity (Wildman–Crippen MR) is 259 cm³/mol. The van der Waals surface area contributed by atoms with E-state index in [1.54, 1.807) is 0 Å². The van der Waals surface area contributed by atoms with Crippen LogP contribution in [0.4, 0.5) is 0 Å². The molecule has 410 valence electrons. The number of aliphatic hydroxyl groups excluding tert-OH is 11. The van der Waals surface area contributed by atoms with Gasteiger partial charge in [-0.3, -0.25) is 4.79 Å². The van der Waals surface area contributed by atoms with Gasteiger partial charge in [0.05, 0.1) is 38.6 Å². The topological polar surface area (TPSA) is 307 Å². The van der Waals surface area contributed by atoms with E-state index in [1.165, 1.54) is 57.8 Å². The van der Waals surface area contributed by atoms with Crippen molar-refractivity contribution in [2.45, 2.75) is 266 Å². The van der Waals surface area contributed by atoms with Gasteiger partial charge >= 0.3 is 0 Å². The SMILES string of the molecule is CCCCC/C=C\C/C=C\CCCCCCCC(=O)NC(COC1OC(CO)C(OC2OC(CO)C(OC3OC(CO)C(O)C(O)C3O)C(O)C2O)C(O)C1O)C(O)CCCCCCCCCCCC. The standard InChI is InChI=1S/C51H93NO18/c1-3-5-7-9-11-13-15-16-17-18-19-21-23-25-27-29-39(57)52-34(35(56)28-26-24-22-20-14-12-10-8-6-4-2)33-65-49-45(63)42(60)47(37(31-54)67-49)70-51-46(64)43(61)48(38(32-55)68-51)69-50-44(62)41(59)40(58)36(30-53)66-50/h11,13,16-17,34-38,40-51,53-56,58-64H,3-10,12,14-15,18-33H2,1-2H3,(H,52,57)/b13-11-,17-16-. The molecule has 70 heavy (non-hydrogen) atoms. The molecule has 17 atom stereocenters. The number of allylic oxidation sites excluding steroid dienone is 4. The number of hydrogen-bond donors (Lipinski definition) is 12. The number of amides is 1. The Balaban J connectivity index is 1.54. The number of aliphatic hydroxyl groups is 11. The third kappa shape index (κ3) is 21.6. The molecule has 12 N–H and O–H groups in total. The summed E-state index contributed by atoms with van der Waals surface area (Å²) in [5.74, 6) is -0.261. The zero-order chi connectivity index (χ0) is 51.3. The van der Waals surface area contributed by atoms with E-state index in [4.69, 9.17) is 28.4 Å². The maximum absolute atomic E-state index is 13.2. The third-order valence-electron chi connectivity index (χ3n) is 13.5. The molecular formula is C51H93NO18. The van der Waals surface area contributed by atoms with Gasteiger partial charge in [-0.1, -0.05) is 134 Å². The zero-order valence-electron chi connectivity index (χ0n) is 42.0. The van der Waals surface area contributed by atoms with E-state index < -0.39 is 124 Å². The van der Waals surface area contributed by atoms with Gasteiger partial charge in [-0.25, -0.2) is 0 Å². The van der Waals surface area contributed by atoms with E-state index in [9.17, 15) is 61.0 Å². The van der Waals surface area contributed by atoms with Crippen LogP contribution in [0.25, 0.3) is 0 Å². The molecule has 0 bridgehead atoms. The Morgan fingerprint density at radius 1 is 0.514 bits per heavy atom. The summed E-state index contributed by atoms with van der Waals surface area (Å²) in [7, 11) is 0. The first-order valence-corrected chi connectivity index (χ1v) is 26.6. The summed E-state index contributed by atoms with van der Waals surface area (Å²) in [6.07, 6.45) is 5.73. The van der Waals surface area contributed by atoms with Crippen LogP contribution in [0.15, 0.2) is 24.3 Å². The number of carbonyl (C=O) groups is 1. The first-order chi connectivity index (χ1) is 33.8. The number of hydrogen-bond acceptors (Lipinski definition) is 18. The maximum atomic E-state index is 13.2. The molecule has 0 aromatic heterocycles. The highest BCUT2D eigenvalue weighted by molar-refractivity contribution is 5.76. The fourth-order valence-corrected chi connectivity index (χ4v) is 9.05. The van der Waals surface area contributed by atoms with Crippen molar-refractivity contribution in [1.29, 1.82) is 0 Å². The summed E-state index contributed by atoms with van der Waals surface area (Å²) in [5.41, 5.74) is 0. The van der Waals surface area contributed by atoms with Gasteiger partial charge in [0.1, 0.15) is 73.2 Å². The summed E-state index contributed by atoms with van der Waals surface area (Å²) in [6, 6.07) is -0.889. The molecule has 0 radical (unpaired) electrons. The summed E-state index contributed by atoms with van der Waals surface area (Å²) in [6.45, 7) is 1.69. The molecule has 3 heterocycles. The summed E-state index contributed by atoms with van der Waals surface area (Å²) in [5, 5.41) is 120. The third-order valence-corrected chi connectivity index (χ3v) is 13.5. The highest BCUT2D eigenvalue weighted by Crippen LogP contribution is 2.33. The van der Waals surface area contributed by atoms with E-state index in [1.807, 2.05) is 0 Å². The molecule has 3 fully saturated rings. The summed E-state index contributed by atoms with van der Waals surface area (Å²) in [4.78, 5) is 13.2. The lowest BCUT2D eigenvalue weighted by Gasteiger charge is -2.48. The van der Waals surface area contributed by atoms with Crippen molar-refractivity contribution < 1.29 is 89.4 Å². The van der Waals surface area contributed by atoms with Crippen molar-refractivity contribution in [3.63, 3.8) is 0 Å². The van der Waals surface area contributed by atoms with Crippen molar-refractivity contribution in [3.05, 3.63) is 24.3 Å². The van der Waals surface area contributed by atoms with Crippen LogP contribution in [0, 0.1) is 0 Å². The molecular weight excluding hydrogens is 915 g/mol. The molecule has 1 amide bonds. The minimum atomic E-state index is -1.97. The predicted octanol–water partition coefficient (Wildman–Crippen LogP) is 2.42. The van der Waals surface area contributed by atoms with E-state index >= 15 is 0 Å². The van der Waals surface area contributed by atoms with Crippen LogP contribution in [-0.4, -0.2) is 193 Å². The largest absolute Gasteiger partial charge is 0.394 e. The highest BCUT2D eigenvalue weighted by atomic mass is 16.8. The molecule has 19 heteroatoms. The number of nitrogens with one attached hydrogen (secondary N) is 1. The molecule has 19 nitrogen and oxygen atoms in total. The Morgan fingerprint density at radius 2 is 0.943 bits per heavy atom. The molecule has 3 saturated heterocycles. The van der Waals surface area contributed by atoms with Crippen LogP contribution in [0.5, 0.6) is 0 Å². The lowest BCUT2D eigenvalue weighted by Crippen LogP contribution is -2.66. The number of ether oxygens (including phenoxy) is 6. The quantitative estimate of drug-likeness (QED) is 0.0314. The first-order valence-electron chi connectivity index (χ1n) is 26.6. The average molecular weight is 1010 g/mol. The second kappa shape index (κ2) is 36.3. The molecule has 0 aliphatic carbocycles. The van der Waals surface area contributed by atoms with Gasteiger partial charge in [-0.05, 0) is 44.9 Å². The zero-order valence-corrected chi connectivity index (χ0v) is 42.0. The van der Waals surface area contributed by atoms with Gasteiger partial charge in [0.2, 0.25) is 5.91 Å². The van der Waals surface area contributed by atoms with Crippen LogP contribution in [-0.2, 0) is 33.2 Å². The Labute approximate surface area is 416 Å². The molecule has 0 aromatic rings. The molecule has 0 aromatic carbocycles. The van der Waals surface area contributed by atoms with Gasteiger partial charge < -0.3 is 89.9 Å². The molecule has 3 aliphatic heterocycles. The van der Waals surface area contributed by atoms with Gasteiger partial charge in [0.25, 0.3) is 0 Å². The van der Waals surface area contributed by atoms with E-state index in [0.29, 0.717) is 12.8 Å². The van der Waals surface area contributed by atoms with Crippen LogP contribution >= 0.6 is 0 Å². The van der Waals surface area contributed by atoms with E-state index in [0.717, 1.165) is 70.6 Å². The van der Waals surface area contributed by atoms with E-state index in [2.05, 4.69) is 43.5 Å². The first kappa shape index (κ1) is 62.6. The van der Waals surface area contributed by atoms with Crippen molar-refractivity contribution in [2.75, 3.05) is 26.4 Å². The maximum Gasteiger partial charge on any atom is 0.220 e. The highest BCUT2D eigenvalue weighted by Gasteiger charge is 2.53. The molecule has 0 saturated carbocycles. The van der Waals surface area contributed by atoms with Crippen LogP contribution in [0.2, 0.25) is 0 Å². The van der Waals surface area contributed by atoms with Crippen LogP contribution in [0.3, 0.4) is 0 Å². The van der Waals surface area contributed by atoms with Gasteiger partial charge in [0, 0.05) is 6.42 Å². The fraction of sp³-hybridized carbons (Fsp3) is 0.902. The minimum absolute atomic E-state index is 0.250. The number of unbranched alkanes of at least 4 members (excludes halogenated alkanes) is 17. The van der Waals surface area contributed by atoms with Crippen LogP contribution in [0.1, 0.15) is 162 Å². The van der Waals surface area contributed by atoms with Crippen molar-refractivity contribution >= 4 is 5.91 Å². The normalized spacial score (nSPS) is 32.7. The van der Waals surface area contributed by atoms with E-state index in [-0.39, 0.29) is 18.9 Å². The number of rotatable bonds is 37. The molecule has 0 spiro atoms. The fourth-order valence-electron chi connectivity index (χ4n) is 9.05. The second-order valence-corrected chi connectivity index (χ2v) is 19.3. The molecule has 3 aliphatic rings. The van der Waals surface area contributed by atoms with Crippen LogP contribution < -0.4 is 5.32 Å². The Kier molecular flexibility index (Phi) is 32.4. The summed E-state index contributed by atoms with van der Waals surface area (Å²) >= 11 is 0. The Hall–Kier alpha value is -1.73. The van der Waals surface area contributed by atoms with Gasteiger partial charge in [0.15, 0.2) is 18.9 Å². The van der Waals surface area contributed by atoms with Crippen molar-refractivity contribution in [3.8, 4) is 0 Å².